The van der Waals surface area contributed by atoms with Gasteiger partial charge in [0.1, 0.15) is 6.17 Å². The molecule has 0 bridgehead atoms. The molecule has 6 heteroatoms. The number of amides is 2. The number of halogens is 2. The summed E-state index contributed by atoms with van der Waals surface area (Å²) in [5.41, 5.74) is 0.585. The van der Waals surface area contributed by atoms with Gasteiger partial charge in [0.25, 0.3) is 0 Å². The summed E-state index contributed by atoms with van der Waals surface area (Å²) in [5, 5.41) is 6.05. The van der Waals surface area contributed by atoms with Crippen LogP contribution in [0.2, 0.25) is 10.0 Å². The molecule has 1 rings (SSSR count). The Morgan fingerprint density at radius 2 is 1.65 bits per heavy atom. The van der Waals surface area contributed by atoms with Crippen molar-refractivity contribution in [2.45, 2.75) is 20.0 Å². The molecule has 0 saturated carbocycles. The first kappa shape index (κ1) is 13.8. The highest BCUT2D eigenvalue weighted by Gasteiger charge is 2.16. The Morgan fingerprint density at radius 3 is 2.06 bits per heavy atom. The van der Waals surface area contributed by atoms with E-state index in [9.17, 15) is 9.59 Å². The highest BCUT2D eigenvalue weighted by Crippen LogP contribution is 2.25. The number of hydrogen-bond acceptors (Lipinski definition) is 2. The molecule has 0 unspecified atom stereocenters. The molecular formula is C11H12Cl2N2O2. The SMILES string of the molecule is CC(=O)NC(NC(C)=O)c1ccc(Cl)cc1Cl. The van der Waals surface area contributed by atoms with Crippen LogP contribution >= 0.6 is 23.2 Å². The summed E-state index contributed by atoms with van der Waals surface area (Å²) in [5.74, 6) is -0.537. The van der Waals surface area contributed by atoms with E-state index in [0.717, 1.165) is 0 Å². The van der Waals surface area contributed by atoms with Gasteiger partial charge < -0.3 is 10.6 Å². The van der Waals surface area contributed by atoms with E-state index in [0.29, 0.717) is 15.6 Å². The topological polar surface area (TPSA) is 58.2 Å². The van der Waals surface area contributed by atoms with Crippen LogP contribution in [0.3, 0.4) is 0 Å². The minimum Gasteiger partial charge on any atom is -0.332 e. The van der Waals surface area contributed by atoms with E-state index in [-0.39, 0.29) is 11.8 Å². The Kier molecular flexibility index (Phi) is 4.78. The van der Waals surface area contributed by atoms with Crippen molar-refractivity contribution in [1.82, 2.24) is 10.6 Å². The average Bonchev–Trinajstić information content (AvgIpc) is 2.14. The highest BCUT2D eigenvalue weighted by molar-refractivity contribution is 6.35. The Bertz CT molecular complexity index is 433. The maximum Gasteiger partial charge on any atom is 0.218 e. The first-order valence-electron chi connectivity index (χ1n) is 4.89. The molecule has 0 aliphatic heterocycles. The van der Waals surface area contributed by atoms with Gasteiger partial charge >= 0.3 is 0 Å². The third-order valence-electron chi connectivity index (χ3n) is 1.97. The number of nitrogens with one attached hydrogen (secondary N) is 2. The van der Waals surface area contributed by atoms with Crippen molar-refractivity contribution < 1.29 is 9.59 Å². The lowest BCUT2D eigenvalue weighted by atomic mass is 10.1. The third-order valence-corrected chi connectivity index (χ3v) is 2.53. The van der Waals surface area contributed by atoms with E-state index in [1.165, 1.54) is 13.8 Å². The van der Waals surface area contributed by atoms with E-state index in [1.54, 1.807) is 18.2 Å². The predicted octanol–water partition coefficient (Wildman–Crippen LogP) is 2.26. The van der Waals surface area contributed by atoms with Gasteiger partial charge in [-0.25, -0.2) is 0 Å². The summed E-state index contributed by atoms with van der Waals surface area (Å²) in [6.45, 7) is 2.72. The first-order chi connectivity index (χ1) is 7.90. The van der Waals surface area contributed by atoms with E-state index < -0.39 is 6.17 Å². The monoisotopic (exact) mass is 274 g/mol. The van der Waals surface area contributed by atoms with E-state index in [4.69, 9.17) is 23.2 Å². The first-order valence-corrected chi connectivity index (χ1v) is 5.65. The minimum absolute atomic E-state index is 0.269. The van der Waals surface area contributed by atoms with Crippen LogP contribution in [-0.2, 0) is 9.59 Å². The van der Waals surface area contributed by atoms with Gasteiger partial charge in [0, 0.05) is 29.5 Å². The zero-order valence-electron chi connectivity index (χ0n) is 9.38. The Balaban J connectivity index is 3.02. The van der Waals surface area contributed by atoms with E-state index in [2.05, 4.69) is 10.6 Å². The van der Waals surface area contributed by atoms with Crippen molar-refractivity contribution in [2.24, 2.45) is 0 Å². The van der Waals surface area contributed by atoms with Crippen molar-refractivity contribution in [3.05, 3.63) is 33.8 Å². The summed E-state index contributed by atoms with van der Waals surface area (Å²) in [7, 11) is 0. The van der Waals surface area contributed by atoms with E-state index >= 15 is 0 Å². The molecule has 17 heavy (non-hydrogen) atoms. The van der Waals surface area contributed by atoms with Crippen LogP contribution in [0.15, 0.2) is 18.2 Å². The average molecular weight is 275 g/mol. The lowest BCUT2D eigenvalue weighted by Crippen LogP contribution is -2.39. The summed E-state index contributed by atoms with van der Waals surface area (Å²) in [4.78, 5) is 22.1. The van der Waals surface area contributed by atoms with Gasteiger partial charge in [-0.2, -0.15) is 0 Å². The van der Waals surface area contributed by atoms with Crippen molar-refractivity contribution in [3.8, 4) is 0 Å². The smallest absolute Gasteiger partial charge is 0.218 e. The lowest BCUT2D eigenvalue weighted by molar-refractivity contribution is -0.122. The molecule has 0 spiro atoms. The van der Waals surface area contributed by atoms with Crippen molar-refractivity contribution in [3.63, 3.8) is 0 Å². The van der Waals surface area contributed by atoms with Crippen LogP contribution in [0.25, 0.3) is 0 Å². The fourth-order valence-corrected chi connectivity index (χ4v) is 1.85. The van der Waals surface area contributed by atoms with Gasteiger partial charge in [-0.15, -0.1) is 0 Å². The largest absolute Gasteiger partial charge is 0.332 e. The van der Waals surface area contributed by atoms with Gasteiger partial charge in [-0.1, -0.05) is 29.3 Å². The maximum absolute atomic E-state index is 11.1. The zero-order valence-corrected chi connectivity index (χ0v) is 10.9. The van der Waals surface area contributed by atoms with Crippen molar-refractivity contribution in [1.29, 1.82) is 0 Å². The van der Waals surface area contributed by atoms with Crippen LogP contribution in [0.5, 0.6) is 0 Å². The van der Waals surface area contributed by atoms with Crippen molar-refractivity contribution >= 4 is 35.0 Å². The predicted molar refractivity (Wildman–Crippen MR) is 66.8 cm³/mol. The normalized spacial score (nSPS) is 10.2. The van der Waals surface area contributed by atoms with Crippen molar-refractivity contribution in [2.75, 3.05) is 0 Å². The lowest BCUT2D eigenvalue weighted by Gasteiger charge is -2.20. The second kappa shape index (κ2) is 5.89. The van der Waals surface area contributed by atoms with Crippen LogP contribution < -0.4 is 10.6 Å². The molecule has 0 aliphatic carbocycles. The molecule has 4 nitrogen and oxygen atoms in total. The van der Waals surface area contributed by atoms with Crippen LogP contribution in [0, 0.1) is 0 Å². The van der Waals surface area contributed by atoms with Crippen LogP contribution in [0.4, 0.5) is 0 Å². The zero-order chi connectivity index (χ0) is 13.0. The summed E-state index contributed by atoms with van der Waals surface area (Å²) < 4.78 is 0. The van der Waals surface area contributed by atoms with Gasteiger partial charge in [-0.05, 0) is 12.1 Å². The number of carbonyl (C=O) groups is 2. The number of hydrogen-bond donors (Lipinski definition) is 2. The molecule has 1 aromatic rings. The number of carbonyl (C=O) groups excluding carboxylic acids is 2. The molecule has 0 atom stereocenters. The molecule has 0 aliphatic rings. The molecular weight excluding hydrogens is 263 g/mol. The fourth-order valence-electron chi connectivity index (χ4n) is 1.33. The quantitative estimate of drug-likeness (QED) is 0.831. The van der Waals surface area contributed by atoms with Gasteiger partial charge in [0.15, 0.2) is 0 Å². The third kappa shape index (κ3) is 4.24. The maximum atomic E-state index is 11.1. The summed E-state index contributed by atoms with van der Waals surface area (Å²) >= 11 is 11.8. The van der Waals surface area contributed by atoms with Crippen LogP contribution in [0.1, 0.15) is 25.6 Å². The molecule has 1 aromatic carbocycles. The molecule has 0 radical (unpaired) electrons. The fraction of sp³-hybridized carbons (Fsp3) is 0.273. The van der Waals surface area contributed by atoms with Gasteiger partial charge in [-0.3, -0.25) is 9.59 Å². The second-order valence-electron chi connectivity index (χ2n) is 3.50. The molecule has 0 heterocycles. The molecule has 0 saturated heterocycles. The molecule has 0 fully saturated rings. The Labute approximate surface area is 109 Å². The highest BCUT2D eigenvalue weighted by atomic mass is 35.5. The Morgan fingerprint density at radius 1 is 1.12 bits per heavy atom. The van der Waals surface area contributed by atoms with E-state index in [1.807, 2.05) is 0 Å². The molecule has 2 N–H and O–H groups in total. The number of rotatable bonds is 3. The summed E-state index contributed by atoms with van der Waals surface area (Å²) in [6.07, 6.45) is -0.658. The molecule has 0 aromatic heterocycles. The minimum atomic E-state index is -0.658. The standard InChI is InChI=1S/C11H12Cl2N2O2/c1-6(16)14-11(15-7(2)17)9-4-3-8(12)5-10(9)13/h3-5,11H,1-2H3,(H,14,16)(H,15,17). The summed E-state index contributed by atoms with van der Waals surface area (Å²) in [6, 6.07) is 4.84. The second-order valence-corrected chi connectivity index (χ2v) is 4.34. The molecule has 92 valence electrons. The Hall–Kier alpha value is -1.26. The van der Waals surface area contributed by atoms with Gasteiger partial charge in [0.2, 0.25) is 11.8 Å². The van der Waals surface area contributed by atoms with Crippen LogP contribution in [-0.4, -0.2) is 11.8 Å². The number of benzene rings is 1. The molecule has 2 amide bonds. The van der Waals surface area contributed by atoms with Gasteiger partial charge in [0.05, 0.1) is 0 Å².